The lowest BCUT2D eigenvalue weighted by atomic mass is 9.84. The van der Waals surface area contributed by atoms with Gasteiger partial charge in [0.25, 0.3) is 10.3 Å². The van der Waals surface area contributed by atoms with Crippen LogP contribution in [0.5, 0.6) is 5.75 Å². The Labute approximate surface area is 194 Å². The average Bonchev–Trinajstić information content (AvgIpc) is 2.57. The summed E-state index contributed by atoms with van der Waals surface area (Å²) in [6, 6.07) is 4.02. The highest BCUT2D eigenvalue weighted by Crippen LogP contribution is 2.36. The second-order valence-electron chi connectivity index (χ2n) is 7.64. The minimum atomic E-state index is -0.500. The Bertz CT molecular complexity index is 728. The third-order valence-corrected chi connectivity index (χ3v) is 5.79. The molecule has 0 atom stereocenters. The van der Waals surface area contributed by atoms with E-state index in [0.717, 1.165) is 26.8 Å². The molecule has 0 amide bonds. The largest absolute Gasteiger partial charge is 0.507 e. The highest BCUT2D eigenvalue weighted by atomic mass is 32.2. The molecule has 0 bridgehead atoms. The lowest BCUT2D eigenvalue weighted by Crippen LogP contribution is -2.22. The summed E-state index contributed by atoms with van der Waals surface area (Å²) in [4.78, 5) is 3.65. The zero-order chi connectivity index (χ0) is 22.9. The molecular formula is C19H31N3O3S4. The van der Waals surface area contributed by atoms with E-state index in [1.807, 2.05) is 45.2 Å². The van der Waals surface area contributed by atoms with Crippen molar-refractivity contribution in [3.8, 4) is 5.75 Å². The minimum absolute atomic E-state index is 0.177. The zero-order valence-electron chi connectivity index (χ0n) is 18.0. The van der Waals surface area contributed by atoms with Gasteiger partial charge in [-0.25, -0.2) is 0 Å². The molecular weight excluding hydrogens is 446 g/mol. The van der Waals surface area contributed by atoms with Crippen LogP contribution >= 0.6 is 48.4 Å². The van der Waals surface area contributed by atoms with E-state index in [-0.39, 0.29) is 17.8 Å². The number of phenols is 1. The van der Waals surface area contributed by atoms with Crippen LogP contribution in [0.15, 0.2) is 12.1 Å². The fourth-order valence-electron chi connectivity index (χ4n) is 2.07. The van der Waals surface area contributed by atoms with Crippen LogP contribution in [0.25, 0.3) is 0 Å². The number of phenolic OH excluding ortho intramolecular Hbond substituents is 1. The van der Waals surface area contributed by atoms with Gasteiger partial charge in [-0.05, 0) is 47.0 Å². The molecule has 0 aliphatic rings. The first-order valence-corrected chi connectivity index (χ1v) is 10.9. The molecule has 0 aliphatic heterocycles. The van der Waals surface area contributed by atoms with Gasteiger partial charge in [-0.2, -0.15) is 0 Å². The van der Waals surface area contributed by atoms with Crippen molar-refractivity contribution in [2.45, 2.75) is 38.5 Å². The molecule has 29 heavy (non-hydrogen) atoms. The van der Waals surface area contributed by atoms with Crippen molar-refractivity contribution in [2.75, 3.05) is 28.2 Å². The number of nitrogens with zero attached hydrogens (tertiary/aromatic N) is 2. The fourth-order valence-corrected chi connectivity index (χ4v) is 3.02. The number of ether oxygens (including phenoxy) is 1. The molecule has 0 aromatic heterocycles. The van der Waals surface area contributed by atoms with Gasteiger partial charge in [0, 0.05) is 39.5 Å². The number of nitrogens with two attached hydrogens (primary N) is 1. The normalized spacial score (nSPS) is 10.4. The van der Waals surface area contributed by atoms with E-state index in [1.54, 1.807) is 16.7 Å². The van der Waals surface area contributed by atoms with E-state index in [4.69, 9.17) is 34.3 Å². The van der Waals surface area contributed by atoms with Crippen LogP contribution in [0.2, 0.25) is 0 Å². The molecule has 1 rings (SSSR count). The number of aliphatic hydroxyl groups excluding tert-OH is 1. The SMILES string of the molecule is CN(C)C(=S)OCc1cc(CSC(=S)N(C)C)cc(C(C)(C)C)c1O.NC(O)=S. The number of benzene rings is 1. The molecule has 0 heterocycles. The maximum Gasteiger partial charge on any atom is 0.259 e. The van der Waals surface area contributed by atoms with E-state index in [1.165, 1.54) is 0 Å². The number of thioether (sulfide) groups is 1. The van der Waals surface area contributed by atoms with E-state index in [2.05, 4.69) is 38.7 Å². The van der Waals surface area contributed by atoms with Crippen LogP contribution in [0, 0.1) is 0 Å². The van der Waals surface area contributed by atoms with Crippen LogP contribution in [0.3, 0.4) is 0 Å². The number of hydrogen-bond acceptors (Lipinski definition) is 6. The van der Waals surface area contributed by atoms with Crippen molar-refractivity contribution < 1.29 is 14.9 Å². The van der Waals surface area contributed by atoms with Crippen molar-refractivity contribution in [1.29, 1.82) is 0 Å². The Hall–Kier alpha value is -1.36. The van der Waals surface area contributed by atoms with Gasteiger partial charge in [0.05, 0.1) is 0 Å². The summed E-state index contributed by atoms with van der Waals surface area (Å²) in [7, 11) is 7.54. The summed E-state index contributed by atoms with van der Waals surface area (Å²) in [6.07, 6.45) is 0. The number of aromatic hydroxyl groups is 1. The highest BCUT2D eigenvalue weighted by Gasteiger charge is 2.22. The van der Waals surface area contributed by atoms with Crippen LogP contribution < -0.4 is 5.73 Å². The van der Waals surface area contributed by atoms with Crippen molar-refractivity contribution >= 4 is 63.1 Å². The Morgan fingerprint density at radius 3 is 2.03 bits per heavy atom. The molecule has 0 fully saturated rings. The predicted molar refractivity (Wildman–Crippen MR) is 135 cm³/mol. The summed E-state index contributed by atoms with van der Waals surface area (Å²) >= 11 is 16.0. The topological polar surface area (TPSA) is 82.2 Å². The van der Waals surface area contributed by atoms with Gasteiger partial charge in [0.2, 0.25) is 0 Å². The molecule has 0 radical (unpaired) electrons. The molecule has 0 saturated carbocycles. The van der Waals surface area contributed by atoms with Gasteiger partial charge in [-0.3, -0.25) is 0 Å². The number of hydrogen-bond donors (Lipinski definition) is 3. The summed E-state index contributed by atoms with van der Waals surface area (Å²) in [5.74, 6) is 1.02. The Kier molecular flexibility index (Phi) is 11.8. The first-order chi connectivity index (χ1) is 13.2. The molecule has 10 heteroatoms. The molecule has 0 spiro atoms. The molecule has 1 aromatic carbocycles. The van der Waals surface area contributed by atoms with Crippen molar-refractivity contribution in [2.24, 2.45) is 5.73 Å². The fraction of sp³-hybridized carbons (Fsp3) is 0.526. The van der Waals surface area contributed by atoms with Gasteiger partial charge < -0.3 is 30.5 Å². The number of thiocarbonyl (C=S) groups is 3. The zero-order valence-corrected chi connectivity index (χ0v) is 21.2. The Balaban J connectivity index is 0.00000178. The summed E-state index contributed by atoms with van der Waals surface area (Å²) in [6.45, 7) is 6.48. The highest BCUT2D eigenvalue weighted by molar-refractivity contribution is 8.22. The molecule has 0 unspecified atom stereocenters. The van der Waals surface area contributed by atoms with Gasteiger partial charge in [-0.15, -0.1) is 0 Å². The van der Waals surface area contributed by atoms with Gasteiger partial charge in [0.15, 0.2) is 0 Å². The van der Waals surface area contributed by atoms with E-state index in [9.17, 15) is 5.11 Å². The third kappa shape index (κ3) is 10.8. The summed E-state index contributed by atoms with van der Waals surface area (Å²) < 4.78 is 6.44. The van der Waals surface area contributed by atoms with Gasteiger partial charge in [-0.1, -0.05) is 50.8 Å². The van der Waals surface area contributed by atoms with E-state index in [0.29, 0.717) is 5.17 Å². The maximum absolute atomic E-state index is 10.7. The lowest BCUT2D eigenvalue weighted by molar-refractivity contribution is 0.252. The standard InChI is InChI=1S/C18H28N2O2S3.CH3NOS/c1-18(2,3)14-9-12(11-25-17(24)20(6)7)8-13(15(14)21)10-22-16(23)19(4)5;2-1(3)4/h8-9,21H,10-11H2,1-7H3;(H3,2,3,4). The van der Waals surface area contributed by atoms with Crippen molar-refractivity contribution in [1.82, 2.24) is 9.80 Å². The van der Waals surface area contributed by atoms with Crippen LogP contribution in [0.1, 0.15) is 37.5 Å². The average molecular weight is 478 g/mol. The first-order valence-electron chi connectivity index (χ1n) is 8.68. The predicted octanol–water partition coefficient (Wildman–Crippen LogP) is 3.92. The van der Waals surface area contributed by atoms with E-state index >= 15 is 0 Å². The molecule has 6 nitrogen and oxygen atoms in total. The molecule has 0 saturated heterocycles. The Morgan fingerprint density at radius 2 is 1.62 bits per heavy atom. The Morgan fingerprint density at radius 1 is 1.10 bits per heavy atom. The molecule has 4 N–H and O–H groups in total. The second kappa shape index (κ2) is 12.4. The molecule has 164 valence electrons. The summed E-state index contributed by atoms with van der Waals surface area (Å²) in [5, 5.41) is 18.1. The van der Waals surface area contributed by atoms with Crippen LogP contribution in [0.4, 0.5) is 0 Å². The molecule has 0 aliphatic carbocycles. The number of rotatable bonds is 4. The maximum atomic E-state index is 10.7. The van der Waals surface area contributed by atoms with Crippen molar-refractivity contribution in [3.05, 3.63) is 28.8 Å². The third-order valence-electron chi connectivity index (χ3n) is 3.50. The quantitative estimate of drug-likeness (QED) is 0.555. The van der Waals surface area contributed by atoms with Crippen LogP contribution in [-0.4, -0.2) is 62.9 Å². The van der Waals surface area contributed by atoms with Crippen molar-refractivity contribution in [3.63, 3.8) is 0 Å². The summed E-state index contributed by atoms with van der Waals surface area (Å²) in [5.41, 5.74) is 6.96. The minimum Gasteiger partial charge on any atom is -0.507 e. The van der Waals surface area contributed by atoms with Gasteiger partial charge >= 0.3 is 0 Å². The second-order valence-corrected chi connectivity index (χ2v) is 10.0. The molecule has 1 aromatic rings. The monoisotopic (exact) mass is 477 g/mol. The van der Waals surface area contributed by atoms with Gasteiger partial charge in [0.1, 0.15) is 16.7 Å². The van der Waals surface area contributed by atoms with Crippen LogP contribution in [-0.2, 0) is 22.5 Å². The van der Waals surface area contributed by atoms with E-state index < -0.39 is 5.17 Å². The lowest BCUT2D eigenvalue weighted by Gasteiger charge is -2.24. The smallest absolute Gasteiger partial charge is 0.259 e. The first kappa shape index (κ1) is 27.6. The number of aliphatic hydroxyl groups is 1.